The lowest BCUT2D eigenvalue weighted by Crippen LogP contribution is -2.40. The third-order valence-corrected chi connectivity index (χ3v) is 4.59. The first kappa shape index (κ1) is 15.8. The van der Waals surface area contributed by atoms with Gasteiger partial charge in [-0.25, -0.2) is 0 Å². The van der Waals surface area contributed by atoms with Gasteiger partial charge in [-0.3, -0.25) is 4.79 Å². The highest BCUT2D eigenvalue weighted by Gasteiger charge is 2.22. The molecule has 2 saturated carbocycles. The van der Waals surface area contributed by atoms with E-state index in [2.05, 4.69) is 17.6 Å². The molecule has 2 fully saturated rings. The molecule has 0 heterocycles. The average molecular weight is 282 g/mol. The molecule has 1 amide bonds. The number of hydrogen-bond donors (Lipinski definition) is 2. The predicted octanol–water partition coefficient (Wildman–Crippen LogP) is 2.37. The van der Waals surface area contributed by atoms with Gasteiger partial charge >= 0.3 is 0 Å². The molecule has 0 aromatic carbocycles. The van der Waals surface area contributed by atoms with Crippen molar-refractivity contribution in [3.63, 3.8) is 0 Å². The van der Waals surface area contributed by atoms with Gasteiger partial charge in [-0.05, 0) is 45.1 Å². The zero-order valence-electron chi connectivity index (χ0n) is 12.8. The van der Waals surface area contributed by atoms with Crippen molar-refractivity contribution in [2.75, 3.05) is 13.2 Å². The number of hydrogen-bond acceptors (Lipinski definition) is 3. The summed E-state index contributed by atoms with van der Waals surface area (Å²) in [5, 5.41) is 6.60. The Labute approximate surface area is 123 Å². The Bertz CT molecular complexity index is 282. The first-order valence-electron chi connectivity index (χ1n) is 8.42. The van der Waals surface area contributed by atoms with E-state index in [1.165, 1.54) is 32.1 Å². The predicted molar refractivity (Wildman–Crippen MR) is 80.7 cm³/mol. The van der Waals surface area contributed by atoms with Gasteiger partial charge in [0.05, 0.1) is 6.10 Å². The lowest BCUT2D eigenvalue weighted by atomic mass is 9.93. The minimum atomic E-state index is 0.0747. The number of amides is 1. The van der Waals surface area contributed by atoms with Crippen molar-refractivity contribution < 1.29 is 9.53 Å². The number of carbonyl (C=O) groups excluding carboxylic acids is 1. The quantitative estimate of drug-likeness (QED) is 0.786. The fourth-order valence-electron chi connectivity index (χ4n) is 3.43. The molecule has 0 saturated heterocycles. The maximum atomic E-state index is 11.9. The van der Waals surface area contributed by atoms with Gasteiger partial charge in [-0.2, -0.15) is 0 Å². The molecule has 0 aliphatic heterocycles. The molecule has 0 spiro atoms. The van der Waals surface area contributed by atoms with E-state index >= 15 is 0 Å². The smallest absolute Gasteiger partial charge is 0.246 e. The molecule has 2 N–H and O–H groups in total. The van der Waals surface area contributed by atoms with Crippen molar-refractivity contribution in [2.45, 2.75) is 82.9 Å². The van der Waals surface area contributed by atoms with Gasteiger partial charge in [0.2, 0.25) is 5.91 Å². The normalized spacial score (nSPS) is 28.2. The van der Waals surface area contributed by atoms with Gasteiger partial charge in [0.15, 0.2) is 0 Å². The summed E-state index contributed by atoms with van der Waals surface area (Å²) in [5.41, 5.74) is 0. The van der Waals surface area contributed by atoms with Crippen molar-refractivity contribution >= 4 is 5.91 Å². The molecule has 0 aromatic heterocycles. The molecule has 0 radical (unpaired) electrons. The maximum Gasteiger partial charge on any atom is 0.246 e. The standard InChI is InChI=1S/C16H30N2O2/c1-2-17-13-8-10-15(11-9-13)20-12-16(19)18-14-6-4-3-5-7-14/h13-15,17H,2-12H2,1H3,(H,18,19). The lowest BCUT2D eigenvalue weighted by Gasteiger charge is -2.29. The Hall–Kier alpha value is -0.610. The third kappa shape index (κ3) is 5.41. The Morgan fingerprint density at radius 3 is 2.35 bits per heavy atom. The van der Waals surface area contributed by atoms with E-state index < -0.39 is 0 Å². The summed E-state index contributed by atoms with van der Waals surface area (Å²) < 4.78 is 5.77. The fourth-order valence-corrected chi connectivity index (χ4v) is 3.43. The summed E-state index contributed by atoms with van der Waals surface area (Å²) in [5.74, 6) is 0.0747. The molecule has 2 rings (SSSR count). The van der Waals surface area contributed by atoms with E-state index in [0.717, 1.165) is 32.2 Å². The molecular weight excluding hydrogens is 252 g/mol. The molecule has 2 aliphatic rings. The van der Waals surface area contributed by atoms with E-state index in [4.69, 9.17) is 4.74 Å². The monoisotopic (exact) mass is 282 g/mol. The molecule has 116 valence electrons. The minimum Gasteiger partial charge on any atom is -0.368 e. The van der Waals surface area contributed by atoms with Gasteiger partial charge in [0.25, 0.3) is 0 Å². The van der Waals surface area contributed by atoms with Gasteiger partial charge in [0.1, 0.15) is 6.61 Å². The van der Waals surface area contributed by atoms with Crippen LogP contribution in [0.15, 0.2) is 0 Å². The lowest BCUT2D eigenvalue weighted by molar-refractivity contribution is -0.129. The summed E-state index contributed by atoms with van der Waals surface area (Å²) in [4.78, 5) is 11.9. The summed E-state index contributed by atoms with van der Waals surface area (Å²) in [6.45, 7) is 3.44. The summed E-state index contributed by atoms with van der Waals surface area (Å²) in [6, 6.07) is 1.04. The zero-order chi connectivity index (χ0) is 14.2. The van der Waals surface area contributed by atoms with Gasteiger partial charge in [-0.15, -0.1) is 0 Å². The maximum absolute atomic E-state index is 11.9. The van der Waals surface area contributed by atoms with E-state index in [1.807, 2.05) is 0 Å². The fraction of sp³-hybridized carbons (Fsp3) is 0.938. The topological polar surface area (TPSA) is 50.4 Å². The first-order valence-corrected chi connectivity index (χ1v) is 8.42. The first-order chi connectivity index (χ1) is 9.78. The second-order valence-corrected chi connectivity index (χ2v) is 6.24. The SMILES string of the molecule is CCNC1CCC(OCC(=O)NC2CCCCC2)CC1. The molecule has 4 nitrogen and oxygen atoms in total. The Morgan fingerprint density at radius 2 is 1.70 bits per heavy atom. The molecule has 4 heteroatoms. The molecule has 2 aliphatic carbocycles. The van der Waals surface area contributed by atoms with Crippen LogP contribution in [0.3, 0.4) is 0 Å². The van der Waals surface area contributed by atoms with Gasteiger partial charge < -0.3 is 15.4 Å². The average Bonchev–Trinajstić information content (AvgIpc) is 2.48. The number of rotatable bonds is 6. The van der Waals surface area contributed by atoms with Crippen molar-refractivity contribution in [3.05, 3.63) is 0 Å². The highest BCUT2D eigenvalue weighted by molar-refractivity contribution is 5.77. The molecule has 20 heavy (non-hydrogen) atoms. The van der Waals surface area contributed by atoms with Crippen molar-refractivity contribution in [2.24, 2.45) is 0 Å². The summed E-state index contributed by atoms with van der Waals surface area (Å²) in [6.07, 6.45) is 10.9. The summed E-state index contributed by atoms with van der Waals surface area (Å²) in [7, 11) is 0. The Morgan fingerprint density at radius 1 is 1.00 bits per heavy atom. The van der Waals surface area contributed by atoms with Crippen LogP contribution >= 0.6 is 0 Å². The van der Waals surface area contributed by atoms with E-state index in [9.17, 15) is 4.79 Å². The number of nitrogens with one attached hydrogen (secondary N) is 2. The van der Waals surface area contributed by atoms with Crippen LogP contribution in [0.25, 0.3) is 0 Å². The van der Waals surface area contributed by atoms with Gasteiger partial charge in [0, 0.05) is 12.1 Å². The molecule has 0 atom stereocenters. The van der Waals surface area contributed by atoms with Gasteiger partial charge in [-0.1, -0.05) is 26.2 Å². The van der Waals surface area contributed by atoms with Crippen molar-refractivity contribution in [1.82, 2.24) is 10.6 Å². The van der Waals surface area contributed by atoms with E-state index in [1.54, 1.807) is 0 Å². The van der Waals surface area contributed by atoms with Crippen molar-refractivity contribution in [1.29, 1.82) is 0 Å². The molecule has 0 bridgehead atoms. The van der Waals surface area contributed by atoms with Crippen LogP contribution in [-0.4, -0.2) is 37.2 Å². The second-order valence-electron chi connectivity index (χ2n) is 6.24. The highest BCUT2D eigenvalue weighted by atomic mass is 16.5. The zero-order valence-corrected chi connectivity index (χ0v) is 12.8. The number of carbonyl (C=O) groups is 1. The minimum absolute atomic E-state index is 0.0747. The van der Waals surface area contributed by atoms with Crippen LogP contribution < -0.4 is 10.6 Å². The molecule has 0 unspecified atom stereocenters. The largest absolute Gasteiger partial charge is 0.368 e. The highest BCUT2D eigenvalue weighted by Crippen LogP contribution is 2.21. The Balaban J connectivity index is 1.57. The summed E-state index contributed by atoms with van der Waals surface area (Å²) >= 11 is 0. The molecular formula is C16H30N2O2. The van der Waals surface area contributed by atoms with E-state index in [0.29, 0.717) is 12.1 Å². The van der Waals surface area contributed by atoms with Crippen LogP contribution in [0.2, 0.25) is 0 Å². The van der Waals surface area contributed by atoms with E-state index in [-0.39, 0.29) is 18.6 Å². The van der Waals surface area contributed by atoms with Crippen LogP contribution in [0, 0.1) is 0 Å². The van der Waals surface area contributed by atoms with Crippen LogP contribution in [-0.2, 0) is 9.53 Å². The van der Waals surface area contributed by atoms with Crippen LogP contribution in [0.5, 0.6) is 0 Å². The third-order valence-electron chi connectivity index (χ3n) is 4.59. The second kappa shape index (κ2) is 8.63. The number of ether oxygens (including phenoxy) is 1. The van der Waals surface area contributed by atoms with Crippen molar-refractivity contribution in [3.8, 4) is 0 Å². The molecule has 0 aromatic rings. The Kier molecular flexibility index (Phi) is 6.80. The van der Waals surface area contributed by atoms with Crippen LogP contribution in [0.4, 0.5) is 0 Å². The van der Waals surface area contributed by atoms with Crippen LogP contribution in [0.1, 0.15) is 64.7 Å².